The molecule has 1 saturated heterocycles. The third-order valence-electron chi connectivity index (χ3n) is 4.07. The monoisotopic (exact) mass is 297 g/mol. The molecular weight excluding hydrogens is 278 g/mol. The highest BCUT2D eigenvalue weighted by Crippen LogP contribution is 2.38. The fraction of sp³-hybridized carbons (Fsp3) is 0.533. The van der Waals surface area contributed by atoms with E-state index in [1.165, 1.54) is 4.90 Å². The molecule has 5 heteroatoms. The molecule has 0 spiro atoms. The van der Waals surface area contributed by atoms with Crippen molar-refractivity contribution < 1.29 is 15.0 Å². The van der Waals surface area contributed by atoms with Gasteiger partial charge < -0.3 is 10.2 Å². The summed E-state index contributed by atoms with van der Waals surface area (Å²) in [7, 11) is 0. The lowest BCUT2D eigenvalue weighted by Gasteiger charge is -2.47. The number of halogens is 1. The molecule has 1 aromatic carbocycles. The standard InChI is InChI=1S/C15H20ClNO3/c1-15(2)9-5-8-12(17(15)14(19)20)13(18)10-6-3-4-7-11(10)16/h3-4,6-7,12-13,18H,5,8-9H2,1-2H3,(H,19,20)/t12-,13?/m1/s1. The largest absolute Gasteiger partial charge is 0.465 e. The van der Waals surface area contributed by atoms with Gasteiger partial charge in [0.15, 0.2) is 0 Å². The third-order valence-corrected chi connectivity index (χ3v) is 4.41. The number of benzene rings is 1. The lowest BCUT2D eigenvalue weighted by molar-refractivity contribution is -0.0271. The van der Waals surface area contributed by atoms with E-state index in [2.05, 4.69) is 0 Å². The van der Waals surface area contributed by atoms with Crippen LogP contribution in [-0.2, 0) is 0 Å². The second-order valence-electron chi connectivity index (χ2n) is 5.89. The van der Waals surface area contributed by atoms with Crippen LogP contribution >= 0.6 is 11.6 Å². The van der Waals surface area contributed by atoms with Crippen LogP contribution in [0, 0.1) is 0 Å². The molecule has 1 amide bonds. The Morgan fingerprint density at radius 2 is 2.10 bits per heavy atom. The van der Waals surface area contributed by atoms with Gasteiger partial charge in [0.05, 0.1) is 6.04 Å². The Morgan fingerprint density at radius 1 is 1.45 bits per heavy atom. The van der Waals surface area contributed by atoms with E-state index in [0.29, 0.717) is 17.0 Å². The molecule has 1 unspecified atom stereocenters. The SMILES string of the molecule is CC1(C)CCC[C@H](C(O)c2ccccc2Cl)N1C(=O)O. The topological polar surface area (TPSA) is 60.8 Å². The van der Waals surface area contributed by atoms with Crippen LogP contribution < -0.4 is 0 Å². The van der Waals surface area contributed by atoms with Crippen LogP contribution in [0.25, 0.3) is 0 Å². The van der Waals surface area contributed by atoms with Crippen LogP contribution in [-0.4, -0.2) is 32.8 Å². The smallest absolute Gasteiger partial charge is 0.408 e. The van der Waals surface area contributed by atoms with E-state index in [9.17, 15) is 15.0 Å². The van der Waals surface area contributed by atoms with Crippen LogP contribution in [0.4, 0.5) is 4.79 Å². The van der Waals surface area contributed by atoms with E-state index in [0.717, 1.165) is 12.8 Å². The van der Waals surface area contributed by atoms with E-state index in [-0.39, 0.29) is 0 Å². The second kappa shape index (κ2) is 5.62. The van der Waals surface area contributed by atoms with E-state index >= 15 is 0 Å². The molecule has 20 heavy (non-hydrogen) atoms. The van der Waals surface area contributed by atoms with E-state index < -0.39 is 23.8 Å². The summed E-state index contributed by atoms with van der Waals surface area (Å²) in [4.78, 5) is 13.0. The summed E-state index contributed by atoms with van der Waals surface area (Å²) >= 11 is 6.11. The van der Waals surface area contributed by atoms with E-state index in [1.807, 2.05) is 13.8 Å². The summed E-state index contributed by atoms with van der Waals surface area (Å²) in [5, 5.41) is 20.5. The van der Waals surface area contributed by atoms with Gasteiger partial charge in [0.25, 0.3) is 0 Å². The average Bonchev–Trinajstić information content (AvgIpc) is 2.36. The Bertz CT molecular complexity index is 504. The first-order valence-electron chi connectivity index (χ1n) is 6.79. The zero-order valence-corrected chi connectivity index (χ0v) is 12.5. The Balaban J connectivity index is 2.34. The Labute approximate surface area is 124 Å². The number of carbonyl (C=O) groups is 1. The molecule has 1 aliphatic heterocycles. The predicted octanol–water partition coefficient (Wildman–Crippen LogP) is 3.68. The quantitative estimate of drug-likeness (QED) is 0.875. The fourth-order valence-electron chi connectivity index (χ4n) is 3.06. The molecule has 2 N–H and O–H groups in total. The summed E-state index contributed by atoms with van der Waals surface area (Å²) in [5.41, 5.74) is 0.111. The van der Waals surface area contributed by atoms with Crippen molar-refractivity contribution >= 4 is 17.7 Å². The highest BCUT2D eigenvalue weighted by atomic mass is 35.5. The molecule has 2 rings (SSSR count). The van der Waals surface area contributed by atoms with Crippen molar-refractivity contribution in [2.45, 2.75) is 50.8 Å². The highest BCUT2D eigenvalue weighted by Gasteiger charge is 2.43. The zero-order valence-electron chi connectivity index (χ0n) is 11.7. The molecule has 1 fully saturated rings. The van der Waals surface area contributed by atoms with Crippen molar-refractivity contribution in [2.75, 3.05) is 0 Å². The number of rotatable bonds is 2. The Kier molecular flexibility index (Phi) is 4.25. The first-order valence-corrected chi connectivity index (χ1v) is 7.17. The fourth-order valence-corrected chi connectivity index (χ4v) is 3.31. The van der Waals surface area contributed by atoms with Gasteiger partial charge in [-0.1, -0.05) is 29.8 Å². The van der Waals surface area contributed by atoms with Crippen molar-refractivity contribution in [3.8, 4) is 0 Å². The summed E-state index contributed by atoms with van der Waals surface area (Å²) in [6, 6.07) is 6.58. The molecule has 0 aromatic heterocycles. The van der Waals surface area contributed by atoms with Gasteiger partial charge in [0.2, 0.25) is 0 Å². The number of amides is 1. The molecule has 110 valence electrons. The number of hydrogen-bond acceptors (Lipinski definition) is 2. The number of nitrogens with zero attached hydrogens (tertiary/aromatic N) is 1. The first kappa shape index (κ1) is 15.1. The normalized spacial score (nSPS) is 23.4. The average molecular weight is 298 g/mol. The minimum Gasteiger partial charge on any atom is -0.465 e. The van der Waals surface area contributed by atoms with Gasteiger partial charge in [0.1, 0.15) is 6.10 Å². The summed E-state index contributed by atoms with van der Waals surface area (Å²) in [5.74, 6) is 0. The van der Waals surface area contributed by atoms with Crippen molar-refractivity contribution in [1.82, 2.24) is 4.90 Å². The molecule has 4 nitrogen and oxygen atoms in total. The van der Waals surface area contributed by atoms with E-state index in [4.69, 9.17) is 11.6 Å². The summed E-state index contributed by atoms with van der Waals surface area (Å²) in [6.45, 7) is 3.79. The molecule has 1 heterocycles. The van der Waals surface area contributed by atoms with Crippen LogP contribution in [0.3, 0.4) is 0 Å². The van der Waals surface area contributed by atoms with Crippen molar-refractivity contribution in [3.63, 3.8) is 0 Å². The lowest BCUT2D eigenvalue weighted by atomic mass is 9.83. The minimum atomic E-state index is -0.995. The maximum absolute atomic E-state index is 11.6. The number of piperidine rings is 1. The molecule has 0 aliphatic carbocycles. The predicted molar refractivity (Wildman–Crippen MR) is 78.0 cm³/mol. The van der Waals surface area contributed by atoms with Gasteiger partial charge in [-0.3, -0.25) is 4.90 Å². The minimum absolute atomic E-state index is 0.462. The van der Waals surface area contributed by atoms with Crippen LogP contribution in [0.2, 0.25) is 5.02 Å². The van der Waals surface area contributed by atoms with E-state index in [1.54, 1.807) is 24.3 Å². The van der Waals surface area contributed by atoms with Gasteiger partial charge in [0, 0.05) is 16.1 Å². The van der Waals surface area contributed by atoms with Crippen molar-refractivity contribution in [1.29, 1.82) is 0 Å². The molecule has 0 bridgehead atoms. The number of aliphatic hydroxyl groups excluding tert-OH is 1. The van der Waals surface area contributed by atoms with Crippen LogP contribution in [0.1, 0.15) is 44.8 Å². The van der Waals surface area contributed by atoms with Gasteiger partial charge in [-0.2, -0.15) is 0 Å². The van der Waals surface area contributed by atoms with Gasteiger partial charge in [-0.15, -0.1) is 0 Å². The molecule has 0 radical (unpaired) electrons. The summed E-state index contributed by atoms with van der Waals surface area (Å²) in [6.07, 6.45) is 0.432. The molecular formula is C15H20ClNO3. The Hall–Kier alpha value is -1.26. The number of aliphatic hydroxyl groups is 1. The molecule has 1 aliphatic rings. The van der Waals surface area contributed by atoms with Crippen LogP contribution in [0.5, 0.6) is 0 Å². The number of carboxylic acid groups (broad SMARTS) is 1. The maximum Gasteiger partial charge on any atom is 0.408 e. The maximum atomic E-state index is 11.6. The highest BCUT2D eigenvalue weighted by molar-refractivity contribution is 6.31. The second-order valence-corrected chi connectivity index (χ2v) is 6.30. The molecule has 0 saturated carbocycles. The number of hydrogen-bond donors (Lipinski definition) is 2. The van der Waals surface area contributed by atoms with Gasteiger partial charge in [-0.25, -0.2) is 4.79 Å². The molecule has 2 atom stereocenters. The van der Waals surface area contributed by atoms with Crippen molar-refractivity contribution in [3.05, 3.63) is 34.9 Å². The van der Waals surface area contributed by atoms with Gasteiger partial charge >= 0.3 is 6.09 Å². The Morgan fingerprint density at radius 3 is 2.70 bits per heavy atom. The zero-order chi connectivity index (χ0) is 14.9. The third kappa shape index (κ3) is 2.76. The molecule has 1 aromatic rings. The van der Waals surface area contributed by atoms with Crippen molar-refractivity contribution in [2.24, 2.45) is 0 Å². The number of likely N-dealkylation sites (tertiary alicyclic amines) is 1. The van der Waals surface area contributed by atoms with Crippen LogP contribution in [0.15, 0.2) is 24.3 Å². The summed E-state index contributed by atoms with van der Waals surface area (Å²) < 4.78 is 0. The van der Waals surface area contributed by atoms with Gasteiger partial charge in [-0.05, 0) is 39.2 Å². The first-order chi connectivity index (χ1) is 9.34. The lowest BCUT2D eigenvalue weighted by Crippen LogP contribution is -2.57.